The van der Waals surface area contributed by atoms with Crippen molar-refractivity contribution in [2.75, 3.05) is 26.2 Å². The van der Waals surface area contributed by atoms with Gasteiger partial charge in [-0.3, -0.25) is 4.90 Å². The second-order valence-electron chi connectivity index (χ2n) is 6.99. The van der Waals surface area contributed by atoms with Crippen molar-refractivity contribution in [1.29, 1.82) is 0 Å². The summed E-state index contributed by atoms with van der Waals surface area (Å²) in [6.07, 6.45) is 1.89. The monoisotopic (exact) mass is 290 g/mol. The number of hydrogen-bond donors (Lipinski definition) is 2. The van der Waals surface area contributed by atoms with Crippen molar-refractivity contribution in [3.63, 3.8) is 0 Å². The number of rotatable bonds is 6. The minimum atomic E-state index is -0.156. The van der Waals surface area contributed by atoms with Crippen molar-refractivity contribution in [2.45, 2.75) is 51.2 Å². The van der Waals surface area contributed by atoms with Crippen LogP contribution in [-0.4, -0.2) is 48.3 Å². The summed E-state index contributed by atoms with van der Waals surface area (Å²) in [4.78, 5) is 2.42. The zero-order valence-electron chi connectivity index (χ0n) is 13.7. The molecule has 2 unspecified atom stereocenters. The second kappa shape index (κ2) is 7.39. The van der Waals surface area contributed by atoms with Gasteiger partial charge < -0.3 is 10.4 Å². The summed E-state index contributed by atoms with van der Waals surface area (Å²) in [6.45, 7) is 10.6. The molecule has 118 valence electrons. The predicted molar refractivity (Wildman–Crippen MR) is 88.6 cm³/mol. The third-order valence-electron chi connectivity index (χ3n) is 4.42. The molecule has 0 spiro atoms. The molecule has 1 aliphatic heterocycles. The topological polar surface area (TPSA) is 35.5 Å². The van der Waals surface area contributed by atoms with Gasteiger partial charge >= 0.3 is 0 Å². The van der Waals surface area contributed by atoms with Crippen LogP contribution in [0.4, 0.5) is 0 Å². The number of aliphatic hydroxyl groups is 1. The normalized spacial score (nSPS) is 23.2. The van der Waals surface area contributed by atoms with Gasteiger partial charge in [-0.1, -0.05) is 51.1 Å². The standard InChI is InChI=1S/C18H30N2O/c1-15(2)19-13-18(3,16-8-5-4-6-9-16)14-20-11-7-10-17(21)12-20/h4-6,8-9,15,17,19,21H,7,10-14H2,1-3H3. The summed E-state index contributed by atoms with van der Waals surface area (Å²) in [5.41, 5.74) is 1.45. The lowest BCUT2D eigenvalue weighted by molar-refractivity contribution is 0.0585. The Morgan fingerprint density at radius 3 is 2.67 bits per heavy atom. The second-order valence-corrected chi connectivity index (χ2v) is 6.99. The lowest BCUT2D eigenvalue weighted by Gasteiger charge is -2.39. The number of likely N-dealkylation sites (tertiary alicyclic amines) is 1. The fraction of sp³-hybridized carbons (Fsp3) is 0.667. The van der Waals surface area contributed by atoms with Crippen LogP contribution in [-0.2, 0) is 5.41 Å². The minimum Gasteiger partial charge on any atom is -0.392 e. The smallest absolute Gasteiger partial charge is 0.0667 e. The maximum absolute atomic E-state index is 9.91. The average molecular weight is 290 g/mol. The number of β-amino-alcohol motifs (C(OH)–C–C–N with tert-alkyl or cyclic N) is 1. The Hall–Kier alpha value is -0.900. The molecule has 0 amide bonds. The zero-order valence-corrected chi connectivity index (χ0v) is 13.7. The third-order valence-corrected chi connectivity index (χ3v) is 4.42. The van der Waals surface area contributed by atoms with Gasteiger partial charge in [0.1, 0.15) is 0 Å². The lowest BCUT2D eigenvalue weighted by atomic mass is 9.81. The molecule has 21 heavy (non-hydrogen) atoms. The fourth-order valence-electron chi connectivity index (χ4n) is 3.19. The molecule has 0 radical (unpaired) electrons. The van der Waals surface area contributed by atoms with Gasteiger partial charge in [-0.05, 0) is 24.9 Å². The van der Waals surface area contributed by atoms with E-state index in [2.05, 4.69) is 61.3 Å². The van der Waals surface area contributed by atoms with Crippen LogP contribution in [0.2, 0.25) is 0 Å². The summed E-state index contributed by atoms with van der Waals surface area (Å²) >= 11 is 0. The number of piperidine rings is 1. The zero-order chi connectivity index (χ0) is 15.3. The van der Waals surface area contributed by atoms with Crippen molar-refractivity contribution in [3.8, 4) is 0 Å². The van der Waals surface area contributed by atoms with E-state index in [4.69, 9.17) is 0 Å². The molecule has 2 rings (SSSR count). The molecule has 0 bridgehead atoms. The first kappa shape index (κ1) is 16.5. The van der Waals surface area contributed by atoms with E-state index in [9.17, 15) is 5.11 Å². The highest BCUT2D eigenvalue weighted by Gasteiger charge is 2.31. The third kappa shape index (κ3) is 4.80. The Balaban J connectivity index is 2.11. The molecule has 1 heterocycles. The summed E-state index contributed by atoms with van der Waals surface area (Å²) < 4.78 is 0. The number of hydrogen-bond acceptors (Lipinski definition) is 3. The lowest BCUT2D eigenvalue weighted by Crippen LogP contribution is -2.50. The highest BCUT2D eigenvalue weighted by molar-refractivity contribution is 5.25. The van der Waals surface area contributed by atoms with E-state index in [0.717, 1.165) is 39.0 Å². The van der Waals surface area contributed by atoms with Crippen molar-refractivity contribution in [1.82, 2.24) is 10.2 Å². The van der Waals surface area contributed by atoms with Crippen molar-refractivity contribution >= 4 is 0 Å². The van der Waals surface area contributed by atoms with Crippen LogP contribution in [0.3, 0.4) is 0 Å². The molecular formula is C18H30N2O. The molecule has 2 atom stereocenters. The first-order valence-electron chi connectivity index (χ1n) is 8.19. The molecule has 3 heteroatoms. The highest BCUT2D eigenvalue weighted by Crippen LogP contribution is 2.26. The Kier molecular flexibility index (Phi) is 5.80. The molecule has 1 aromatic carbocycles. The van der Waals surface area contributed by atoms with Crippen molar-refractivity contribution < 1.29 is 5.11 Å². The van der Waals surface area contributed by atoms with E-state index in [1.165, 1.54) is 5.56 Å². The van der Waals surface area contributed by atoms with Gasteiger partial charge in [0, 0.05) is 31.1 Å². The van der Waals surface area contributed by atoms with Gasteiger partial charge in [-0.15, -0.1) is 0 Å². The van der Waals surface area contributed by atoms with Gasteiger partial charge in [0.2, 0.25) is 0 Å². The molecule has 2 N–H and O–H groups in total. The molecule has 0 aromatic heterocycles. The fourth-order valence-corrected chi connectivity index (χ4v) is 3.19. The number of benzene rings is 1. The minimum absolute atomic E-state index is 0.0720. The van der Waals surface area contributed by atoms with Gasteiger partial charge in [0.05, 0.1) is 6.10 Å². The molecule has 1 fully saturated rings. The first-order valence-corrected chi connectivity index (χ1v) is 8.19. The molecule has 0 saturated carbocycles. The van der Waals surface area contributed by atoms with E-state index in [-0.39, 0.29) is 11.5 Å². The van der Waals surface area contributed by atoms with Gasteiger partial charge in [0.15, 0.2) is 0 Å². The summed E-state index contributed by atoms with van der Waals surface area (Å²) in [7, 11) is 0. The predicted octanol–water partition coefficient (Wildman–Crippen LogP) is 2.40. The maximum atomic E-state index is 9.91. The van der Waals surface area contributed by atoms with Crippen LogP contribution in [0.5, 0.6) is 0 Å². The summed E-state index contributed by atoms with van der Waals surface area (Å²) in [6, 6.07) is 11.2. The Bertz CT molecular complexity index is 420. The van der Waals surface area contributed by atoms with Crippen LogP contribution in [0, 0.1) is 0 Å². The summed E-state index contributed by atoms with van der Waals surface area (Å²) in [5, 5.41) is 13.5. The quantitative estimate of drug-likeness (QED) is 0.844. The van der Waals surface area contributed by atoms with E-state index in [1.54, 1.807) is 0 Å². The molecule has 1 aromatic rings. The van der Waals surface area contributed by atoms with Crippen LogP contribution in [0.15, 0.2) is 30.3 Å². The largest absolute Gasteiger partial charge is 0.392 e. The number of aliphatic hydroxyl groups excluding tert-OH is 1. The molecule has 1 saturated heterocycles. The van der Waals surface area contributed by atoms with E-state index in [1.807, 2.05) is 0 Å². The molecular weight excluding hydrogens is 260 g/mol. The van der Waals surface area contributed by atoms with Crippen molar-refractivity contribution in [2.24, 2.45) is 0 Å². The maximum Gasteiger partial charge on any atom is 0.0667 e. The molecule has 1 aliphatic rings. The Labute approximate surface area is 129 Å². The van der Waals surface area contributed by atoms with Crippen molar-refractivity contribution in [3.05, 3.63) is 35.9 Å². The van der Waals surface area contributed by atoms with Crippen LogP contribution >= 0.6 is 0 Å². The van der Waals surface area contributed by atoms with Gasteiger partial charge in [0.25, 0.3) is 0 Å². The number of nitrogens with one attached hydrogen (secondary N) is 1. The Morgan fingerprint density at radius 1 is 1.33 bits per heavy atom. The molecule has 0 aliphatic carbocycles. The van der Waals surface area contributed by atoms with Gasteiger partial charge in [-0.2, -0.15) is 0 Å². The molecule has 3 nitrogen and oxygen atoms in total. The van der Waals surface area contributed by atoms with E-state index in [0.29, 0.717) is 6.04 Å². The van der Waals surface area contributed by atoms with Gasteiger partial charge in [-0.25, -0.2) is 0 Å². The van der Waals surface area contributed by atoms with Crippen LogP contribution in [0.1, 0.15) is 39.2 Å². The van der Waals surface area contributed by atoms with Crippen LogP contribution in [0.25, 0.3) is 0 Å². The van der Waals surface area contributed by atoms with E-state index >= 15 is 0 Å². The summed E-state index contributed by atoms with van der Waals surface area (Å²) in [5.74, 6) is 0. The highest BCUT2D eigenvalue weighted by atomic mass is 16.3. The van der Waals surface area contributed by atoms with Crippen LogP contribution < -0.4 is 5.32 Å². The Morgan fingerprint density at radius 2 is 2.05 bits per heavy atom. The average Bonchev–Trinajstić information content (AvgIpc) is 2.46. The first-order chi connectivity index (χ1) is 9.99. The van der Waals surface area contributed by atoms with E-state index < -0.39 is 0 Å². The number of nitrogens with zero attached hydrogens (tertiary/aromatic N) is 1. The SMILES string of the molecule is CC(C)NCC(C)(CN1CCCC(O)C1)c1ccccc1.